The number of carboxylic acids is 1. The lowest BCUT2D eigenvalue weighted by Gasteiger charge is -2.33. The first kappa shape index (κ1) is 16.8. The summed E-state index contributed by atoms with van der Waals surface area (Å²) in [5.74, 6) is -0.0326. The number of para-hydroxylation sites is 1. The maximum Gasteiger partial charge on any atom is 0.311 e. The summed E-state index contributed by atoms with van der Waals surface area (Å²) in [7, 11) is 0. The number of rotatable bonds is 7. The molecule has 2 fully saturated rings. The molecule has 0 bridgehead atoms. The van der Waals surface area contributed by atoms with Crippen LogP contribution in [0.1, 0.15) is 36.0 Å². The molecular weight excluding hydrogens is 310 g/mol. The van der Waals surface area contributed by atoms with Crippen LogP contribution in [0.3, 0.4) is 0 Å². The van der Waals surface area contributed by atoms with Crippen molar-refractivity contribution in [2.75, 3.05) is 26.4 Å². The minimum Gasteiger partial charge on any atom is -0.492 e. The number of carbonyl (C=O) groups excluding carboxylic acids is 1. The predicted octanol–water partition coefficient (Wildman–Crippen LogP) is 2.09. The Morgan fingerprint density at radius 3 is 2.62 bits per heavy atom. The van der Waals surface area contributed by atoms with Crippen molar-refractivity contribution >= 4 is 11.9 Å². The van der Waals surface area contributed by atoms with E-state index in [1.807, 2.05) is 6.07 Å². The molecule has 2 aliphatic rings. The number of hydrogen-bond donors (Lipinski definition) is 2. The van der Waals surface area contributed by atoms with Crippen molar-refractivity contribution < 1.29 is 24.2 Å². The van der Waals surface area contributed by atoms with Gasteiger partial charge in [0, 0.05) is 19.8 Å². The summed E-state index contributed by atoms with van der Waals surface area (Å²) < 4.78 is 11.0. The van der Waals surface area contributed by atoms with Gasteiger partial charge in [-0.2, -0.15) is 0 Å². The summed E-state index contributed by atoms with van der Waals surface area (Å²) in [5.41, 5.74) is -0.497. The lowest BCUT2D eigenvalue weighted by Crippen LogP contribution is -2.46. The molecule has 1 aliphatic carbocycles. The minimum absolute atomic E-state index is 0.0987. The van der Waals surface area contributed by atoms with Crippen molar-refractivity contribution in [1.82, 2.24) is 5.32 Å². The molecule has 1 amide bonds. The Morgan fingerprint density at radius 2 is 1.96 bits per heavy atom. The molecule has 6 heteroatoms. The first-order valence-corrected chi connectivity index (χ1v) is 8.42. The van der Waals surface area contributed by atoms with Crippen LogP contribution in [0.2, 0.25) is 0 Å². The van der Waals surface area contributed by atoms with E-state index in [0.29, 0.717) is 49.9 Å². The van der Waals surface area contributed by atoms with Gasteiger partial charge < -0.3 is 19.9 Å². The Labute approximate surface area is 141 Å². The Balaban J connectivity index is 1.64. The highest BCUT2D eigenvalue weighted by molar-refractivity contribution is 5.97. The summed E-state index contributed by atoms with van der Waals surface area (Å²) >= 11 is 0. The number of ether oxygens (including phenoxy) is 2. The van der Waals surface area contributed by atoms with Gasteiger partial charge in [0.05, 0.1) is 17.6 Å². The molecule has 0 aromatic heterocycles. The fourth-order valence-electron chi connectivity index (χ4n) is 2.85. The van der Waals surface area contributed by atoms with Crippen LogP contribution < -0.4 is 10.1 Å². The van der Waals surface area contributed by atoms with Gasteiger partial charge in [0.2, 0.25) is 0 Å². The Kier molecular flexibility index (Phi) is 5.04. The van der Waals surface area contributed by atoms with Gasteiger partial charge in [0.1, 0.15) is 5.75 Å². The van der Waals surface area contributed by atoms with Gasteiger partial charge in [-0.05, 0) is 43.7 Å². The molecule has 1 saturated carbocycles. The molecule has 6 nitrogen and oxygen atoms in total. The fraction of sp³-hybridized carbons (Fsp3) is 0.556. The van der Waals surface area contributed by atoms with Crippen LogP contribution in [-0.2, 0) is 9.53 Å². The highest BCUT2D eigenvalue weighted by Gasteiger charge is 2.40. The van der Waals surface area contributed by atoms with Crippen molar-refractivity contribution in [2.45, 2.75) is 25.7 Å². The Bertz CT molecular complexity index is 605. The smallest absolute Gasteiger partial charge is 0.311 e. The third-order valence-corrected chi connectivity index (χ3v) is 4.79. The zero-order valence-corrected chi connectivity index (χ0v) is 13.6. The molecule has 0 radical (unpaired) electrons. The minimum atomic E-state index is -0.947. The number of hydrogen-bond acceptors (Lipinski definition) is 4. The standard InChI is InChI=1S/C18H23NO5/c20-16(19-12-18(17(21)22)7-9-23-10-8-18)14-3-1-2-4-15(14)24-11-13-5-6-13/h1-4,13H,5-12H2,(H,19,20)(H,21,22). The van der Waals surface area contributed by atoms with Crippen LogP contribution in [0.5, 0.6) is 5.75 Å². The summed E-state index contributed by atoms with van der Waals surface area (Å²) in [5, 5.41) is 12.3. The van der Waals surface area contributed by atoms with E-state index in [0.717, 1.165) is 0 Å². The summed E-state index contributed by atoms with van der Waals surface area (Å²) in [6.07, 6.45) is 3.17. The van der Waals surface area contributed by atoms with Gasteiger partial charge in [-0.25, -0.2) is 0 Å². The molecule has 130 valence electrons. The van der Waals surface area contributed by atoms with Crippen LogP contribution in [0.4, 0.5) is 0 Å². The van der Waals surface area contributed by atoms with E-state index in [4.69, 9.17) is 9.47 Å². The number of nitrogens with one attached hydrogen (secondary N) is 1. The molecule has 1 aliphatic heterocycles. The van der Waals surface area contributed by atoms with E-state index in [1.165, 1.54) is 12.8 Å². The maximum atomic E-state index is 12.5. The molecule has 1 saturated heterocycles. The number of carbonyl (C=O) groups is 2. The Hall–Kier alpha value is -2.08. The molecule has 1 aromatic rings. The second kappa shape index (κ2) is 7.21. The average molecular weight is 333 g/mol. The summed E-state index contributed by atoms with van der Waals surface area (Å²) in [6.45, 7) is 1.54. The van der Waals surface area contributed by atoms with E-state index in [1.54, 1.807) is 18.2 Å². The second-order valence-corrected chi connectivity index (χ2v) is 6.63. The van der Waals surface area contributed by atoms with E-state index in [9.17, 15) is 14.7 Å². The molecule has 0 atom stereocenters. The lowest BCUT2D eigenvalue weighted by atomic mass is 9.80. The largest absolute Gasteiger partial charge is 0.492 e. The molecule has 2 N–H and O–H groups in total. The van der Waals surface area contributed by atoms with Gasteiger partial charge >= 0.3 is 5.97 Å². The first-order chi connectivity index (χ1) is 11.6. The van der Waals surface area contributed by atoms with Gasteiger partial charge in [-0.15, -0.1) is 0 Å². The molecule has 1 heterocycles. The van der Waals surface area contributed by atoms with Crippen LogP contribution in [0.25, 0.3) is 0 Å². The topological polar surface area (TPSA) is 84.9 Å². The number of aliphatic carboxylic acids is 1. The number of benzene rings is 1. The van der Waals surface area contributed by atoms with Crippen molar-refractivity contribution in [3.05, 3.63) is 29.8 Å². The van der Waals surface area contributed by atoms with Crippen LogP contribution >= 0.6 is 0 Å². The molecule has 0 spiro atoms. The van der Waals surface area contributed by atoms with Gasteiger partial charge in [-0.3, -0.25) is 9.59 Å². The predicted molar refractivity (Wildman–Crippen MR) is 87.1 cm³/mol. The van der Waals surface area contributed by atoms with Gasteiger partial charge in [0.15, 0.2) is 0 Å². The van der Waals surface area contributed by atoms with E-state index in [2.05, 4.69) is 5.32 Å². The Morgan fingerprint density at radius 1 is 1.25 bits per heavy atom. The van der Waals surface area contributed by atoms with Crippen molar-refractivity contribution in [1.29, 1.82) is 0 Å². The number of carboxylic acid groups (broad SMARTS) is 1. The maximum absolute atomic E-state index is 12.5. The quantitative estimate of drug-likeness (QED) is 0.798. The van der Waals surface area contributed by atoms with Crippen molar-refractivity contribution in [2.24, 2.45) is 11.3 Å². The van der Waals surface area contributed by atoms with E-state index in [-0.39, 0.29) is 12.5 Å². The molecule has 0 unspecified atom stereocenters. The third kappa shape index (κ3) is 3.87. The molecule has 1 aromatic carbocycles. The summed E-state index contributed by atoms with van der Waals surface area (Å²) in [6, 6.07) is 7.09. The second-order valence-electron chi connectivity index (χ2n) is 6.63. The van der Waals surface area contributed by atoms with Gasteiger partial charge in [-0.1, -0.05) is 12.1 Å². The zero-order chi connectivity index (χ0) is 17.0. The van der Waals surface area contributed by atoms with Crippen molar-refractivity contribution in [3.8, 4) is 5.75 Å². The van der Waals surface area contributed by atoms with E-state index >= 15 is 0 Å². The zero-order valence-electron chi connectivity index (χ0n) is 13.6. The van der Waals surface area contributed by atoms with Gasteiger partial charge in [0.25, 0.3) is 5.91 Å². The highest BCUT2D eigenvalue weighted by atomic mass is 16.5. The molecule has 24 heavy (non-hydrogen) atoms. The third-order valence-electron chi connectivity index (χ3n) is 4.79. The highest BCUT2D eigenvalue weighted by Crippen LogP contribution is 2.31. The monoisotopic (exact) mass is 333 g/mol. The van der Waals surface area contributed by atoms with Crippen molar-refractivity contribution in [3.63, 3.8) is 0 Å². The van der Waals surface area contributed by atoms with Crippen LogP contribution in [-0.4, -0.2) is 43.3 Å². The SMILES string of the molecule is O=C(NCC1(C(=O)O)CCOCC1)c1ccccc1OCC1CC1. The lowest BCUT2D eigenvalue weighted by molar-refractivity contribution is -0.154. The molecular formula is C18H23NO5. The van der Waals surface area contributed by atoms with E-state index < -0.39 is 11.4 Å². The molecule has 3 rings (SSSR count). The fourth-order valence-corrected chi connectivity index (χ4v) is 2.85. The normalized spacial score (nSPS) is 19.5. The van der Waals surface area contributed by atoms with Crippen LogP contribution in [0, 0.1) is 11.3 Å². The average Bonchev–Trinajstić information content (AvgIpc) is 3.43. The van der Waals surface area contributed by atoms with Crippen LogP contribution in [0.15, 0.2) is 24.3 Å². The number of amides is 1. The first-order valence-electron chi connectivity index (χ1n) is 8.42. The summed E-state index contributed by atoms with van der Waals surface area (Å²) in [4.78, 5) is 24.2.